The quantitative estimate of drug-likeness (QED) is 0.776. The van der Waals surface area contributed by atoms with Crippen LogP contribution in [0, 0.1) is 5.92 Å². The van der Waals surface area contributed by atoms with Crippen LogP contribution in [0.25, 0.3) is 0 Å². The molecular weight excluding hydrogens is 330 g/mol. The van der Waals surface area contributed by atoms with Gasteiger partial charge in [-0.3, -0.25) is 4.68 Å². The summed E-state index contributed by atoms with van der Waals surface area (Å²) in [5.41, 5.74) is 2.51. The van der Waals surface area contributed by atoms with Crippen molar-refractivity contribution in [1.82, 2.24) is 15.1 Å². The highest BCUT2D eigenvalue weighted by Crippen LogP contribution is 2.26. The van der Waals surface area contributed by atoms with Gasteiger partial charge in [0.2, 0.25) is 0 Å². The van der Waals surface area contributed by atoms with E-state index in [-0.39, 0.29) is 0 Å². The fraction of sp³-hybridized carbons (Fsp3) is 0.812. The maximum Gasteiger partial charge on any atom is 0.0766 e. The molecule has 1 fully saturated rings. The highest BCUT2D eigenvalue weighted by molar-refractivity contribution is 9.10. The Morgan fingerprint density at radius 3 is 2.81 bits per heavy atom. The molecule has 1 aliphatic heterocycles. The smallest absolute Gasteiger partial charge is 0.0766 e. The van der Waals surface area contributed by atoms with Gasteiger partial charge in [0.05, 0.1) is 15.9 Å². The van der Waals surface area contributed by atoms with Gasteiger partial charge in [-0.2, -0.15) is 5.10 Å². The number of aryl methyl sites for hydroxylation is 2. The average Bonchev–Trinajstić information content (AvgIpc) is 3.08. The van der Waals surface area contributed by atoms with Gasteiger partial charge < -0.3 is 10.1 Å². The summed E-state index contributed by atoms with van der Waals surface area (Å²) < 4.78 is 8.88. The Balaban J connectivity index is 2.09. The summed E-state index contributed by atoms with van der Waals surface area (Å²) in [4.78, 5) is 0. The van der Waals surface area contributed by atoms with E-state index in [1.165, 1.54) is 28.7 Å². The topological polar surface area (TPSA) is 39.1 Å². The van der Waals surface area contributed by atoms with Crippen molar-refractivity contribution in [2.24, 2.45) is 5.92 Å². The number of rotatable bonds is 8. The maximum atomic E-state index is 5.52. The molecule has 1 aromatic heterocycles. The van der Waals surface area contributed by atoms with E-state index in [4.69, 9.17) is 9.84 Å². The van der Waals surface area contributed by atoms with E-state index < -0.39 is 0 Å². The van der Waals surface area contributed by atoms with E-state index in [1.54, 1.807) is 0 Å². The van der Waals surface area contributed by atoms with Crippen molar-refractivity contribution in [3.05, 3.63) is 15.9 Å². The second-order valence-electron chi connectivity index (χ2n) is 5.80. The van der Waals surface area contributed by atoms with Crippen LogP contribution >= 0.6 is 15.9 Å². The number of halogens is 1. The van der Waals surface area contributed by atoms with E-state index in [2.05, 4.69) is 46.7 Å². The molecule has 1 aromatic rings. The molecule has 0 spiro atoms. The minimum Gasteiger partial charge on any atom is -0.381 e. The molecule has 1 aliphatic rings. The van der Waals surface area contributed by atoms with Crippen LogP contribution in [0.5, 0.6) is 0 Å². The molecule has 0 radical (unpaired) electrons. The zero-order valence-corrected chi connectivity index (χ0v) is 15.1. The van der Waals surface area contributed by atoms with E-state index >= 15 is 0 Å². The van der Waals surface area contributed by atoms with Gasteiger partial charge in [0, 0.05) is 32.2 Å². The average molecular weight is 358 g/mol. The van der Waals surface area contributed by atoms with Gasteiger partial charge in [0.1, 0.15) is 0 Å². The first-order chi connectivity index (χ1) is 10.2. The summed E-state index contributed by atoms with van der Waals surface area (Å²) >= 11 is 3.76. The Morgan fingerprint density at radius 2 is 2.24 bits per heavy atom. The molecule has 2 unspecified atom stereocenters. The Labute approximate surface area is 136 Å². The molecule has 0 amide bonds. The summed E-state index contributed by atoms with van der Waals surface area (Å²) in [6.45, 7) is 10.3. The Hall–Kier alpha value is -0.390. The fourth-order valence-electron chi connectivity index (χ4n) is 3.14. The summed E-state index contributed by atoms with van der Waals surface area (Å²) in [5, 5.41) is 8.36. The predicted octanol–water partition coefficient (Wildman–Crippen LogP) is 3.18. The molecule has 2 heterocycles. The van der Waals surface area contributed by atoms with Crippen LogP contribution in [-0.4, -0.2) is 35.6 Å². The van der Waals surface area contributed by atoms with Gasteiger partial charge >= 0.3 is 0 Å². The highest BCUT2D eigenvalue weighted by atomic mass is 79.9. The van der Waals surface area contributed by atoms with Crippen molar-refractivity contribution >= 4 is 15.9 Å². The molecular formula is C16H28BrN3O. The number of hydrogen-bond donors (Lipinski definition) is 1. The van der Waals surface area contributed by atoms with Crippen molar-refractivity contribution < 1.29 is 4.74 Å². The van der Waals surface area contributed by atoms with Crippen molar-refractivity contribution in [3.63, 3.8) is 0 Å². The van der Waals surface area contributed by atoms with Crippen molar-refractivity contribution in [1.29, 1.82) is 0 Å². The van der Waals surface area contributed by atoms with Crippen LogP contribution in [0.1, 0.15) is 45.0 Å². The summed E-state index contributed by atoms with van der Waals surface area (Å²) in [5.74, 6) is 0.705. The van der Waals surface area contributed by atoms with Crippen LogP contribution in [0.3, 0.4) is 0 Å². The molecule has 1 saturated heterocycles. The van der Waals surface area contributed by atoms with Crippen LogP contribution in [0.4, 0.5) is 0 Å². The molecule has 5 heteroatoms. The van der Waals surface area contributed by atoms with Crippen LogP contribution in [0.2, 0.25) is 0 Å². The first-order valence-electron chi connectivity index (χ1n) is 8.24. The molecule has 0 aliphatic carbocycles. The minimum absolute atomic E-state index is 0.504. The van der Waals surface area contributed by atoms with Crippen LogP contribution in [-0.2, 0) is 24.1 Å². The number of nitrogens with one attached hydrogen (secondary N) is 1. The fourth-order valence-corrected chi connectivity index (χ4v) is 3.87. The largest absolute Gasteiger partial charge is 0.381 e. The van der Waals surface area contributed by atoms with Gasteiger partial charge in [-0.15, -0.1) is 0 Å². The van der Waals surface area contributed by atoms with Gasteiger partial charge in [0.15, 0.2) is 0 Å². The van der Waals surface area contributed by atoms with E-state index in [0.29, 0.717) is 12.0 Å². The highest BCUT2D eigenvalue weighted by Gasteiger charge is 2.23. The number of hydrogen-bond acceptors (Lipinski definition) is 3. The lowest BCUT2D eigenvalue weighted by Crippen LogP contribution is -2.34. The van der Waals surface area contributed by atoms with E-state index in [9.17, 15) is 0 Å². The third kappa shape index (κ3) is 4.30. The first-order valence-corrected chi connectivity index (χ1v) is 9.03. The monoisotopic (exact) mass is 357 g/mol. The van der Waals surface area contributed by atoms with Gasteiger partial charge in [-0.05, 0) is 54.6 Å². The minimum atomic E-state index is 0.504. The molecule has 120 valence electrons. The molecule has 21 heavy (non-hydrogen) atoms. The maximum absolute atomic E-state index is 5.52. The lowest BCUT2D eigenvalue weighted by Gasteiger charge is -2.21. The number of aromatic nitrogens is 2. The molecule has 2 rings (SSSR count). The Bertz CT molecular complexity index is 441. The molecule has 4 nitrogen and oxygen atoms in total. The van der Waals surface area contributed by atoms with Gasteiger partial charge in [-0.25, -0.2) is 0 Å². The number of likely N-dealkylation sites (N-methyl/N-ethyl adjacent to an activating group) is 1. The van der Waals surface area contributed by atoms with Crippen molar-refractivity contribution in [2.45, 2.75) is 59.0 Å². The third-order valence-electron chi connectivity index (χ3n) is 4.27. The third-order valence-corrected chi connectivity index (χ3v) is 5.18. The SMILES string of the molecule is CCNC(Cc1c(Br)c(CC)nn1CC)CC1CCOC1. The summed E-state index contributed by atoms with van der Waals surface area (Å²) in [7, 11) is 0. The zero-order chi connectivity index (χ0) is 15.2. The Morgan fingerprint density at radius 1 is 1.43 bits per heavy atom. The number of nitrogens with zero attached hydrogens (tertiary/aromatic N) is 2. The lowest BCUT2D eigenvalue weighted by molar-refractivity contribution is 0.181. The summed E-state index contributed by atoms with van der Waals surface area (Å²) in [6, 6.07) is 0.504. The second-order valence-corrected chi connectivity index (χ2v) is 6.59. The first kappa shape index (κ1) is 17.0. The summed E-state index contributed by atoms with van der Waals surface area (Å²) in [6.07, 6.45) is 4.40. The van der Waals surface area contributed by atoms with Crippen molar-refractivity contribution in [3.8, 4) is 0 Å². The molecule has 1 N–H and O–H groups in total. The van der Waals surface area contributed by atoms with Gasteiger partial charge in [0.25, 0.3) is 0 Å². The van der Waals surface area contributed by atoms with Crippen molar-refractivity contribution in [2.75, 3.05) is 19.8 Å². The van der Waals surface area contributed by atoms with E-state index in [1.807, 2.05) is 0 Å². The molecule has 0 bridgehead atoms. The van der Waals surface area contributed by atoms with Crippen LogP contribution < -0.4 is 5.32 Å². The number of ether oxygens (including phenoxy) is 1. The zero-order valence-electron chi connectivity index (χ0n) is 13.5. The van der Waals surface area contributed by atoms with Gasteiger partial charge in [-0.1, -0.05) is 13.8 Å². The molecule has 0 aromatic carbocycles. The normalized spacial score (nSPS) is 20.1. The Kier molecular flexibility index (Phi) is 6.71. The molecule has 2 atom stereocenters. The molecule has 0 saturated carbocycles. The second kappa shape index (κ2) is 8.30. The lowest BCUT2D eigenvalue weighted by atomic mass is 9.96. The standard InChI is InChI=1S/C16H28BrN3O/c1-4-14-16(17)15(20(6-3)19-14)10-13(18-5-2)9-12-7-8-21-11-12/h12-13,18H,4-11H2,1-3H3. The van der Waals surface area contributed by atoms with Crippen LogP contribution in [0.15, 0.2) is 4.47 Å². The predicted molar refractivity (Wildman–Crippen MR) is 89.7 cm³/mol. The van der Waals surface area contributed by atoms with E-state index in [0.717, 1.165) is 39.1 Å².